The van der Waals surface area contributed by atoms with Crippen LogP contribution in [-0.2, 0) is 6.54 Å². The van der Waals surface area contributed by atoms with E-state index in [0.29, 0.717) is 36.0 Å². The molecule has 2 heterocycles. The lowest BCUT2D eigenvalue weighted by Crippen LogP contribution is -2.47. The van der Waals surface area contributed by atoms with Crippen molar-refractivity contribution in [2.75, 3.05) is 18.0 Å². The van der Waals surface area contributed by atoms with Crippen LogP contribution in [0.5, 0.6) is 0 Å². The molecule has 3 aromatic carbocycles. The van der Waals surface area contributed by atoms with Crippen LogP contribution in [0.4, 0.5) is 14.6 Å². The molecular formula is C27H24ClF2N5S. The second-order valence-electron chi connectivity index (χ2n) is 8.69. The molecule has 0 spiro atoms. The molecule has 1 aliphatic heterocycles. The normalized spacial score (nSPS) is 14.1. The van der Waals surface area contributed by atoms with E-state index in [-0.39, 0.29) is 27.7 Å². The summed E-state index contributed by atoms with van der Waals surface area (Å²) in [6.07, 6.45) is 3.01. The number of piperidine rings is 1. The number of benzene rings is 3. The molecule has 1 saturated heterocycles. The average molecular weight is 524 g/mol. The van der Waals surface area contributed by atoms with E-state index in [1.165, 1.54) is 18.5 Å². The van der Waals surface area contributed by atoms with Crippen LogP contribution in [0.3, 0.4) is 0 Å². The summed E-state index contributed by atoms with van der Waals surface area (Å²) < 4.78 is 29.9. The fourth-order valence-corrected chi connectivity index (χ4v) is 5.06. The molecule has 1 aliphatic rings. The van der Waals surface area contributed by atoms with Gasteiger partial charge in [0.1, 0.15) is 23.5 Å². The van der Waals surface area contributed by atoms with Crippen LogP contribution in [0.15, 0.2) is 67.0 Å². The van der Waals surface area contributed by atoms with Crippen molar-refractivity contribution in [1.29, 1.82) is 0 Å². The van der Waals surface area contributed by atoms with E-state index in [2.05, 4.69) is 37.6 Å². The number of aromatic nitrogens is 2. The molecule has 0 aliphatic carbocycles. The number of thiocarbonyl (C=S) groups is 1. The van der Waals surface area contributed by atoms with Crippen LogP contribution < -0.4 is 15.5 Å². The molecule has 0 radical (unpaired) electrons. The first kappa shape index (κ1) is 24.3. The largest absolute Gasteiger partial charge is 0.360 e. The van der Waals surface area contributed by atoms with Crippen molar-refractivity contribution >= 4 is 45.7 Å². The molecule has 0 saturated carbocycles. The third-order valence-electron chi connectivity index (χ3n) is 6.37. The molecule has 36 heavy (non-hydrogen) atoms. The zero-order valence-corrected chi connectivity index (χ0v) is 20.9. The molecule has 0 amide bonds. The molecule has 5 nitrogen and oxygen atoms in total. The standard InChI is InChI=1S/C27H24ClF2N5S/c28-21-14-20-25(24(30)23(21)19-8-4-5-9-22(19)29)32-16-33-26(20)35-12-10-18(11-13-35)34-27(36)31-15-17-6-2-1-3-7-17/h1-9,14,16,18H,10-13,15H2,(H2,31,34,36). The summed E-state index contributed by atoms with van der Waals surface area (Å²) in [5.41, 5.74) is 1.39. The van der Waals surface area contributed by atoms with E-state index in [9.17, 15) is 4.39 Å². The first-order chi connectivity index (χ1) is 17.5. The highest BCUT2D eigenvalue weighted by Gasteiger charge is 2.25. The van der Waals surface area contributed by atoms with Crippen molar-refractivity contribution in [2.45, 2.75) is 25.4 Å². The van der Waals surface area contributed by atoms with Gasteiger partial charge in [-0.2, -0.15) is 0 Å². The maximum absolute atomic E-state index is 15.6. The highest BCUT2D eigenvalue weighted by atomic mass is 35.5. The van der Waals surface area contributed by atoms with E-state index in [4.69, 9.17) is 23.8 Å². The van der Waals surface area contributed by atoms with Gasteiger partial charge in [0.15, 0.2) is 10.9 Å². The molecule has 1 fully saturated rings. The Labute approximate surface area is 218 Å². The monoisotopic (exact) mass is 523 g/mol. The Kier molecular flexibility index (Phi) is 7.25. The summed E-state index contributed by atoms with van der Waals surface area (Å²) in [4.78, 5) is 10.7. The number of nitrogens with zero attached hydrogens (tertiary/aromatic N) is 3. The van der Waals surface area contributed by atoms with Crippen LogP contribution in [0.2, 0.25) is 5.02 Å². The molecule has 5 rings (SSSR count). The zero-order chi connectivity index (χ0) is 25.1. The van der Waals surface area contributed by atoms with Crippen LogP contribution in [-0.4, -0.2) is 34.2 Å². The van der Waals surface area contributed by atoms with E-state index in [0.717, 1.165) is 18.4 Å². The van der Waals surface area contributed by atoms with Gasteiger partial charge in [0.2, 0.25) is 0 Å². The minimum atomic E-state index is -0.655. The Balaban J connectivity index is 1.29. The number of anilines is 1. The van der Waals surface area contributed by atoms with Crippen molar-refractivity contribution < 1.29 is 8.78 Å². The minimum Gasteiger partial charge on any atom is -0.360 e. The van der Waals surface area contributed by atoms with Gasteiger partial charge < -0.3 is 15.5 Å². The van der Waals surface area contributed by atoms with E-state index >= 15 is 4.39 Å². The lowest BCUT2D eigenvalue weighted by molar-refractivity contribution is 0.462. The number of hydrogen-bond donors (Lipinski definition) is 2. The summed E-state index contributed by atoms with van der Waals surface area (Å²) >= 11 is 11.9. The van der Waals surface area contributed by atoms with Crippen molar-refractivity contribution in [3.63, 3.8) is 0 Å². The lowest BCUT2D eigenvalue weighted by atomic mass is 10.0. The van der Waals surface area contributed by atoms with Gasteiger partial charge in [-0.1, -0.05) is 60.1 Å². The molecule has 0 unspecified atom stereocenters. The molecule has 9 heteroatoms. The first-order valence-electron chi connectivity index (χ1n) is 11.7. The molecule has 1 aromatic heterocycles. The summed E-state index contributed by atoms with van der Waals surface area (Å²) in [5.74, 6) is -0.584. The van der Waals surface area contributed by atoms with E-state index in [1.54, 1.807) is 18.2 Å². The van der Waals surface area contributed by atoms with E-state index < -0.39 is 11.6 Å². The molecule has 184 valence electrons. The molecule has 2 N–H and O–H groups in total. The summed E-state index contributed by atoms with van der Waals surface area (Å²) in [5, 5.41) is 7.89. The number of rotatable bonds is 5. The number of hydrogen-bond acceptors (Lipinski definition) is 4. The highest BCUT2D eigenvalue weighted by molar-refractivity contribution is 7.80. The van der Waals surface area contributed by atoms with Gasteiger partial charge >= 0.3 is 0 Å². The van der Waals surface area contributed by atoms with Crippen molar-refractivity contribution in [3.05, 3.63) is 89.2 Å². The topological polar surface area (TPSA) is 53.1 Å². The fourth-order valence-electron chi connectivity index (χ4n) is 4.53. The number of halogens is 3. The average Bonchev–Trinajstić information content (AvgIpc) is 2.89. The number of fused-ring (bicyclic) bond motifs is 1. The van der Waals surface area contributed by atoms with Crippen molar-refractivity contribution in [3.8, 4) is 11.1 Å². The minimum absolute atomic E-state index is 0.00587. The number of nitrogens with one attached hydrogen (secondary N) is 2. The van der Waals surface area contributed by atoms with Crippen molar-refractivity contribution in [2.24, 2.45) is 0 Å². The molecular weight excluding hydrogens is 500 g/mol. The predicted molar refractivity (Wildman–Crippen MR) is 144 cm³/mol. The van der Waals surface area contributed by atoms with Gasteiger partial charge in [0, 0.05) is 42.2 Å². The van der Waals surface area contributed by atoms with Crippen LogP contribution in [0.1, 0.15) is 18.4 Å². The van der Waals surface area contributed by atoms with Crippen LogP contribution in [0, 0.1) is 11.6 Å². The third-order valence-corrected chi connectivity index (χ3v) is 6.93. The Bertz CT molecular complexity index is 1390. The Morgan fingerprint density at radius 3 is 2.50 bits per heavy atom. The second-order valence-corrected chi connectivity index (χ2v) is 9.51. The van der Waals surface area contributed by atoms with Gasteiger partial charge in [0.05, 0.1) is 5.02 Å². The second kappa shape index (κ2) is 10.7. The summed E-state index contributed by atoms with van der Waals surface area (Å²) in [6.45, 7) is 2.08. The van der Waals surface area contributed by atoms with Crippen LogP contribution >= 0.6 is 23.8 Å². The van der Waals surface area contributed by atoms with Gasteiger partial charge in [0.25, 0.3) is 0 Å². The molecule has 4 aromatic rings. The van der Waals surface area contributed by atoms with Crippen LogP contribution in [0.25, 0.3) is 22.0 Å². The highest BCUT2D eigenvalue weighted by Crippen LogP contribution is 2.38. The van der Waals surface area contributed by atoms with Gasteiger partial charge in [-0.15, -0.1) is 0 Å². The Hall–Kier alpha value is -3.36. The van der Waals surface area contributed by atoms with Crippen molar-refractivity contribution in [1.82, 2.24) is 20.6 Å². The maximum atomic E-state index is 15.6. The zero-order valence-electron chi connectivity index (χ0n) is 19.3. The van der Waals surface area contributed by atoms with Gasteiger partial charge in [-0.05, 0) is 42.8 Å². The fraction of sp³-hybridized carbons (Fsp3) is 0.222. The van der Waals surface area contributed by atoms with Gasteiger partial charge in [-0.3, -0.25) is 0 Å². The lowest BCUT2D eigenvalue weighted by Gasteiger charge is -2.34. The third kappa shape index (κ3) is 5.10. The molecule has 0 bridgehead atoms. The maximum Gasteiger partial charge on any atom is 0.166 e. The Morgan fingerprint density at radius 1 is 1.03 bits per heavy atom. The van der Waals surface area contributed by atoms with Gasteiger partial charge in [-0.25, -0.2) is 18.7 Å². The van der Waals surface area contributed by atoms with E-state index in [1.807, 2.05) is 18.2 Å². The molecule has 0 atom stereocenters. The summed E-state index contributed by atoms with van der Waals surface area (Å²) in [6, 6.07) is 17.9. The summed E-state index contributed by atoms with van der Waals surface area (Å²) in [7, 11) is 0. The predicted octanol–water partition coefficient (Wildman–Crippen LogP) is 5.86. The Morgan fingerprint density at radius 2 is 1.75 bits per heavy atom. The smallest absolute Gasteiger partial charge is 0.166 e. The SMILES string of the molecule is Fc1ccccc1-c1c(Cl)cc2c(N3CCC(NC(=S)NCc4ccccc4)CC3)ncnc2c1F. The first-order valence-corrected chi connectivity index (χ1v) is 12.5. The quantitative estimate of drug-likeness (QED) is 0.319.